The average Bonchev–Trinajstić information content (AvgIpc) is 3.54. The molecule has 0 atom stereocenters. The van der Waals surface area contributed by atoms with Crippen molar-refractivity contribution >= 4 is 74.8 Å². The van der Waals surface area contributed by atoms with E-state index < -0.39 is 0 Å². The number of nitrogens with zero attached hydrogens (tertiary/aromatic N) is 2. The summed E-state index contributed by atoms with van der Waals surface area (Å²) in [6, 6.07) is 24.3. The molecule has 151 valence electrons. The zero-order valence-corrected chi connectivity index (χ0v) is 18.9. The lowest BCUT2D eigenvalue weighted by Crippen LogP contribution is -1.84. The lowest BCUT2D eigenvalue weighted by Gasteiger charge is -2.02. The van der Waals surface area contributed by atoms with Crippen molar-refractivity contribution in [1.29, 1.82) is 0 Å². The molecule has 0 aliphatic carbocycles. The maximum Gasteiger partial charge on any atom is 0.0736 e. The highest BCUT2D eigenvalue weighted by molar-refractivity contribution is 6.30. The fourth-order valence-electron chi connectivity index (χ4n) is 3.87. The first-order valence-electron chi connectivity index (χ1n) is 10.0. The maximum atomic E-state index is 6.10. The van der Waals surface area contributed by atoms with Gasteiger partial charge in [0, 0.05) is 50.0 Å². The molecule has 5 heterocycles. The monoisotopic (exact) mass is 447 g/mol. The smallest absolute Gasteiger partial charge is 0.0736 e. The number of aromatic amines is 2. The highest BCUT2D eigenvalue weighted by Gasteiger charge is 2.12. The molecule has 32 heavy (non-hydrogen) atoms. The minimum Gasteiger partial charge on any atom is -0.355 e. The van der Waals surface area contributed by atoms with Crippen LogP contribution in [0.2, 0.25) is 5.02 Å². The Bertz CT molecular complexity index is 1540. The van der Waals surface area contributed by atoms with Gasteiger partial charge < -0.3 is 9.97 Å². The molecule has 2 N–H and O–H groups in total. The SMILES string of the molecule is Clc1ccc(C2=Cc3cc4ccc(cc5nc(cc6ccc(cc2n3)[nH]6)C=C5)[nH]4)cc1.[Al]. The van der Waals surface area contributed by atoms with Gasteiger partial charge in [-0.1, -0.05) is 23.7 Å². The summed E-state index contributed by atoms with van der Waals surface area (Å²) in [6.07, 6.45) is 6.15. The molecule has 0 saturated heterocycles. The first-order chi connectivity index (χ1) is 15.2. The molecule has 4 nitrogen and oxygen atoms in total. The molecule has 0 spiro atoms. The molecule has 3 aromatic heterocycles. The number of hydrogen-bond acceptors (Lipinski definition) is 2. The molecule has 0 saturated carbocycles. The number of fused-ring (bicyclic) bond motifs is 8. The van der Waals surface area contributed by atoms with Crippen LogP contribution in [0.1, 0.15) is 28.3 Å². The van der Waals surface area contributed by atoms with E-state index in [0.717, 1.165) is 61.0 Å². The summed E-state index contributed by atoms with van der Waals surface area (Å²) in [7, 11) is 0. The topological polar surface area (TPSA) is 57.4 Å². The summed E-state index contributed by atoms with van der Waals surface area (Å²) in [5.41, 5.74) is 9.75. The summed E-state index contributed by atoms with van der Waals surface area (Å²) in [5.74, 6) is 0. The van der Waals surface area contributed by atoms with Crippen LogP contribution in [0.4, 0.5) is 0 Å². The fraction of sp³-hybridized carbons (Fsp3) is 0. The molecular formula is C26H17AlClN4. The Morgan fingerprint density at radius 3 is 1.72 bits per heavy atom. The predicted molar refractivity (Wildman–Crippen MR) is 134 cm³/mol. The molecule has 8 bridgehead atoms. The third kappa shape index (κ3) is 4.07. The van der Waals surface area contributed by atoms with Gasteiger partial charge in [0.1, 0.15) is 0 Å². The van der Waals surface area contributed by atoms with Gasteiger partial charge in [0.15, 0.2) is 0 Å². The second-order valence-corrected chi connectivity index (χ2v) is 8.03. The predicted octanol–water partition coefficient (Wildman–Crippen LogP) is 6.35. The minimum atomic E-state index is 0. The number of halogens is 1. The molecule has 0 amide bonds. The van der Waals surface area contributed by atoms with Gasteiger partial charge in [-0.15, -0.1) is 0 Å². The molecule has 1 aromatic carbocycles. The second kappa shape index (κ2) is 8.29. The normalized spacial score (nSPS) is 12.3. The van der Waals surface area contributed by atoms with Crippen LogP contribution in [0.25, 0.3) is 45.9 Å². The number of rotatable bonds is 1. The number of benzene rings is 1. The molecule has 2 aliphatic rings. The number of hydrogen-bond donors (Lipinski definition) is 2. The molecule has 2 aliphatic heterocycles. The Morgan fingerprint density at radius 2 is 1.12 bits per heavy atom. The van der Waals surface area contributed by atoms with Crippen LogP contribution in [0.3, 0.4) is 0 Å². The summed E-state index contributed by atoms with van der Waals surface area (Å²) in [4.78, 5) is 16.5. The third-order valence-corrected chi connectivity index (χ3v) is 5.57. The van der Waals surface area contributed by atoms with E-state index >= 15 is 0 Å². The molecule has 6 rings (SSSR count). The van der Waals surface area contributed by atoms with E-state index in [9.17, 15) is 0 Å². The van der Waals surface area contributed by atoms with Crippen LogP contribution in [-0.2, 0) is 0 Å². The Morgan fingerprint density at radius 1 is 0.594 bits per heavy atom. The van der Waals surface area contributed by atoms with Gasteiger partial charge >= 0.3 is 0 Å². The van der Waals surface area contributed by atoms with Crippen LogP contribution >= 0.6 is 11.6 Å². The summed E-state index contributed by atoms with van der Waals surface area (Å²) in [5, 5.41) is 0.718. The van der Waals surface area contributed by atoms with Crippen LogP contribution < -0.4 is 0 Å². The van der Waals surface area contributed by atoms with Crippen LogP contribution in [0, 0.1) is 0 Å². The molecule has 3 radical (unpaired) electrons. The Kier molecular flexibility index (Phi) is 5.32. The summed E-state index contributed by atoms with van der Waals surface area (Å²) >= 11 is 6.10. The van der Waals surface area contributed by atoms with E-state index in [0.29, 0.717) is 0 Å². The highest BCUT2D eigenvalue weighted by Crippen LogP contribution is 2.29. The third-order valence-electron chi connectivity index (χ3n) is 5.32. The van der Waals surface area contributed by atoms with Crippen molar-refractivity contribution in [1.82, 2.24) is 19.9 Å². The molecule has 0 unspecified atom stereocenters. The van der Waals surface area contributed by atoms with Crippen LogP contribution in [0.15, 0.2) is 72.8 Å². The Balaban J connectivity index is 0.00000216. The van der Waals surface area contributed by atoms with E-state index in [2.05, 4.69) is 57.4 Å². The second-order valence-electron chi connectivity index (χ2n) is 7.60. The minimum absolute atomic E-state index is 0. The number of H-pyrrole nitrogens is 2. The largest absolute Gasteiger partial charge is 0.355 e. The first-order valence-corrected chi connectivity index (χ1v) is 10.4. The Labute approximate surface area is 200 Å². The number of nitrogens with one attached hydrogen (secondary N) is 2. The molecular weight excluding hydrogens is 431 g/mol. The van der Waals surface area contributed by atoms with Gasteiger partial charge in [-0.2, -0.15) is 0 Å². The highest BCUT2D eigenvalue weighted by atomic mass is 35.5. The van der Waals surface area contributed by atoms with Gasteiger partial charge in [-0.25, -0.2) is 9.97 Å². The molecule has 6 heteroatoms. The molecule has 0 fully saturated rings. The van der Waals surface area contributed by atoms with Gasteiger partial charge in [-0.3, -0.25) is 0 Å². The zero-order valence-electron chi connectivity index (χ0n) is 17.0. The van der Waals surface area contributed by atoms with Crippen LogP contribution in [-0.4, -0.2) is 37.3 Å². The lowest BCUT2D eigenvalue weighted by atomic mass is 10.0. The summed E-state index contributed by atoms with van der Waals surface area (Å²) in [6.45, 7) is 0. The van der Waals surface area contributed by atoms with Gasteiger partial charge in [-0.05, 0) is 84.5 Å². The Hall–Kier alpha value is -3.36. The van der Waals surface area contributed by atoms with Crippen molar-refractivity contribution in [2.75, 3.05) is 0 Å². The number of aromatic nitrogens is 4. The van der Waals surface area contributed by atoms with Crippen LogP contribution in [0.5, 0.6) is 0 Å². The standard InChI is InChI=1S/C26H17ClN4.Al/c27-17-3-1-16(2-4-17)25-14-24-13-22-8-7-20(29-22)11-18-5-6-19(28-18)12-21-9-10-23(30-21)15-26(25)31-24;/h1-15,29-30H;. The van der Waals surface area contributed by atoms with E-state index in [1.807, 2.05) is 48.6 Å². The van der Waals surface area contributed by atoms with E-state index in [1.165, 1.54) is 0 Å². The van der Waals surface area contributed by atoms with Crippen molar-refractivity contribution in [3.05, 3.63) is 106 Å². The van der Waals surface area contributed by atoms with Gasteiger partial charge in [0.25, 0.3) is 0 Å². The zero-order chi connectivity index (χ0) is 20.8. The van der Waals surface area contributed by atoms with E-state index in [1.54, 1.807) is 0 Å². The van der Waals surface area contributed by atoms with Crippen molar-refractivity contribution in [3.8, 4) is 0 Å². The lowest BCUT2D eigenvalue weighted by molar-refractivity contribution is 1.30. The summed E-state index contributed by atoms with van der Waals surface area (Å²) < 4.78 is 0. The van der Waals surface area contributed by atoms with E-state index in [4.69, 9.17) is 16.6 Å². The van der Waals surface area contributed by atoms with Gasteiger partial charge in [0.2, 0.25) is 0 Å². The van der Waals surface area contributed by atoms with Crippen molar-refractivity contribution < 1.29 is 0 Å². The first kappa shape index (κ1) is 20.5. The quantitative estimate of drug-likeness (QED) is 0.289. The van der Waals surface area contributed by atoms with Crippen molar-refractivity contribution in [2.45, 2.75) is 0 Å². The van der Waals surface area contributed by atoms with Crippen molar-refractivity contribution in [2.24, 2.45) is 0 Å². The molecule has 4 aromatic rings. The average molecular weight is 448 g/mol. The fourth-order valence-corrected chi connectivity index (χ4v) is 4.00. The van der Waals surface area contributed by atoms with Crippen molar-refractivity contribution in [3.63, 3.8) is 0 Å². The maximum absolute atomic E-state index is 6.10. The van der Waals surface area contributed by atoms with Gasteiger partial charge in [0.05, 0.1) is 22.8 Å². The van der Waals surface area contributed by atoms with E-state index in [-0.39, 0.29) is 17.4 Å².